The summed E-state index contributed by atoms with van der Waals surface area (Å²) in [5, 5.41) is 2.79. The van der Waals surface area contributed by atoms with Crippen LogP contribution >= 0.6 is 0 Å². The molecule has 2 aromatic rings. The summed E-state index contributed by atoms with van der Waals surface area (Å²) in [5.74, 6) is -0.360. The number of benzene rings is 1. The SMILES string of the molecule is CCCS(=O)(=O)CC(=O)N[C@H](c1ccccc1)c1nccn1C. The maximum absolute atomic E-state index is 12.2. The summed E-state index contributed by atoms with van der Waals surface area (Å²) in [7, 11) is -1.55. The Morgan fingerprint density at radius 2 is 2.00 bits per heavy atom. The van der Waals surface area contributed by atoms with Gasteiger partial charge < -0.3 is 9.88 Å². The summed E-state index contributed by atoms with van der Waals surface area (Å²) in [6, 6.07) is 8.88. The molecule has 1 amide bonds. The molecular weight excluding hydrogens is 314 g/mol. The summed E-state index contributed by atoms with van der Waals surface area (Å²) in [6.07, 6.45) is 3.92. The molecular formula is C16H21N3O3S. The van der Waals surface area contributed by atoms with Crippen LogP contribution in [0.1, 0.15) is 30.8 Å². The minimum atomic E-state index is -3.38. The number of hydrogen-bond acceptors (Lipinski definition) is 4. The molecule has 0 bridgehead atoms. The average molecular weight is 335 g/mol. The standard InChI is InChI=1S/C16H21N3O3S/c1-3-11-23(21,22)12-14(20)18-15(13-7-5-4-6-8-13)16-17-9-10-19(16)2/h4-10,15H,3,11-12H2,1-2H3,(H,18,20)/t15-/m1/s1. The number of imidazole rings is 1. The molecule has 2 rings (SSSR count). The van der Waals surface area contributed by atoms with Crippen molar-refractivity contribution in [1.29, 1.82) is 0 Å². The number of aromatic nitrogens is 2. The molecule has 23 heavy (non-hydrogen) atoms. The molecule has 1 atom stereocenters. The molecule has 0 aliphatic carbocycles. The molecule has 6 nitrogen and oxygen atoms in total. The molecule has 0 radical (unpaired) electrons. The van der Waals surface area contributed by atoms with Crippen molar-refractivity contribution in [3.63, 3.8) is 0 Å². The van der Waals surface area contributed by atoms with Crippen molar-refractivity contribution in [2.45, 2.75) is 19.4 Å². The van der Waals surface area contributed by atoms with E-state index in [2.05, 4.69) is 10.3 Å². The van der Waals surface area contributed by atoms with E-state index in [0.717, 1.165) is 5.56 Å². The van der Waals surface area contributed by atoms with Crippen molar-refractivity contribution in [1.82, 2.24) is 14.9 Å². The number of amides is 1. The first-order valence-electron chi connectivity index (χ1n) is 7.45. The van der Waals surface area contributed by atoms with E-state index >= 15 is 0 Å². The fourth-order valence-electron chi connectivity index (χ4n) is 2.38. The second-order valence-electron chi connectivity index (χ2n) is 5.40. The predicted molar refractivity (Wildman–Crippen MR) is 88.6 cm³/mol. The predicted octanol–water partition coefficient (Wildman–Crippen LogP) is 1.45. The first-order valence-corrected chi connectivity index (χ1v) is 9.27. The number of aryl methyl sites for hydroxylation is 1. The van der Waals surface area contributed by atoms with Crippen LogP contribution in [-0.4, -0.2) is 35.4 Å². The number of carbonyl (C=O) groups is 1. The van der Waals surface area contributed by atoms with E-state index in [9.17, 15) is 13.2 Å². The zero-order valence-electron chi connectivity index (χ0n) is 13.3. The van der Waals surface area contributed by atoms with Crippen molar-refractivity contribution in [3.05, 3.63) is 54.1 Å². The molecule has 1 aromatic heterocycles. The Morgan fingerprint density at radius 1 is 1.30 bits per heavy atom. The van der Waals surface area contributed by atoms with E-state index in [1.165, 1.54) is 0 Å². The zero-order valence-corrected chi connectivity index (χ0v) is 14.1. The molecule has 1 heterocycles. The van der Waals surface area contributed by atoms with E-state index in [-0.39, 0.29) is 5.75 Å². The summed E-state index contributed by atoms with van der Waals surface area (Å²) >= 11 is 0. The van der Waals surface area contributed by atoms with Crippen LogP contribution in [0.3, 0.4) is 0 Å². The lowest BCUT2D eigenvalue weighted by Crippen LogP contribution is -2.35. The van der Waals surface area contributed by atoms with E-state index < -0.39 is 27.5 Å². The lowest BCUT2D eigenvalue weighted by atomic mass is 10.1. The van der Waals surface area contributed by atoms with Gasteiger partial charge in [-0.3, -0.25) is 4.79 Å². The van der Waals surface area contributed by atoms with Gasteiger partial charge >= 0.3 is 0 Å². The smallest absolute Gasteiger partial charge is 0.236 e. The Kier molecular flexibility index (Phi) is 5.54. The topological polar surface area (TPSA) is 81.1 Å². The lowest BCUT2D eigenvalue weighted by molar-refractivity contribution is -0.119. The van der Waals surface area contributed by atoms with Gasteiger partial charge in [-0.05, 0) is 12.0 Å². The number of nitrogens with zero attached hydrogens (tertiary/aromatic N) is 2. The third kappa shape index (κ3) is 4.66. The Morgan fingerprint density at radius 3 is 2.57 bits per heavy atom. The van der Waals surface area contributed by atoms with Gasteiger partial charge in [0.2, 0.25) is 5.91 Å². The minimum absolute atomic E-state index is 0.0127. The van der Waals surface area contributed by atoms with Crippen molar-refractivity contribution >= 4 is 15.7 Å². The van der Waals surface area contributed by atoms with Crippen molar-refractivity contribution in [3.8, 4) is 0 Å². The van der Waals surface area contributed by atoms with Crippen molar-refractivity contribution < 1.29 is 13.2 Å². The number of rotatable bonds is 7. The van der Waals surface area contributed by atoms with E-state index in [0.29, 0.717) is 12.2 Å². The largest absolute Gasteiger partial charge is 0.341 e. The molecule has 0 saturated carbocycles. The van der Waals surface area contributed by atoms with E-state index in [1.807, 2.05) is 37.4 Å². The molecule has 0 unspecified atom stereocenters. The van der Waals surface area contributed by atoms with Crippen LogP contribution in [0.2, 0.25) is 0 Å². The van der Waals surface area contributed by atoms with Gasteiger partial charge in [0.25, 0.3) is 0 Å². The summed E-state index contributed by atoms with van der Waals surface area (Å²) in [6.45, 7) is 1.77. The van der Waals surface area contributed by atoms with Crippen LogP contribution in [0.25, 0.3) is 0 Å². The molecule has 0 saturated heterocycles. The highest BCUT2D eigenvalue weighted by Crippen LogP contribution is 2.20. The van der Waals surface area contributed by atoms with Crippen LogP contribution in [0, 0.1) is 0 Å². The third-order valence-electron chi connectivity index (χ3n) is 3.42. The van der Waals surface area contributed by atoms with Crippen LogP contribution in [0.15, 0.2) is 42.7 Å². The lowest BCUT2D eigenvalue weighted by Gasteiger charge is -2.19. The van der Waals surface area contributed by atoms with Gasteiger partial charge in [-0.15, -0.1) is 0 Å². The summed E-state index contributed by atoms with van der Waals surface area (Å²) in [5.41, 5.74) is 0.850. The van der Waals surface area contributed by atoms with Gasteiger partial charge in [0.1, 0.15) is 17.6 Å². The monoisotopic (exact) mass is 335 g/mol. The Bertz CT molecular complexity index is 754. The van der Waals surface area contributed by atoms with Gasteiger partial charge in [-0.2, -0.15) is 0 Å². The number of hydrogen-bond donors (Lipinski definition) is 1. The molecule has 0 spiro atoms. The first-order chi connectivity index (χ1) is 10.9. The van der Waals surface area contributed by atoms with E-state index in [4.69, 9.17) is 0 Å². The van der Waals surface area contributed by atoms with Gasteiger partial charge in [0.15, 0.2) is 9.84 Å². The maximum atomic E-state index is 12.2. The molecule has 0 aliphatic heterocycles. The van der Waals surface area contributed by atoms with Gasteiger partial charge in [-0.1, -0.05) is 37.3 Å². The minimum Gasteiger partial charge on any atom is -0.341 e. The van der Waals surface area contributed by atoms with Gasteiger partial charge in [0.05, 0.1) is 5.75 Å². The quantitative estimate of drug-likeness (QED) is 0.830. The van der Waals surface area contributed by atoms with Crippen LogP contribution in [-0.2, 0) is 21.7 Å². The maximum Gasteiger partial charge on any atom is 0.236 e. The second-order valence-corrected chi connectivity index (χ2v) is 7.58. The highest BCUT2D eigenvalue weighted by molar-refractivity contribution is 7.92. The highest BCUT2D eigenvalue weighted by Gasteiger charge is 2.23. The van der Waals surface area contributed by atoms with Crippen molar-refractivity contribution in [2.24, 2.45) is 7.05 Å². The Balaban J connectivity index is 2.23. The number of sulfone groups is 1. The Labute approximate surface area is 136 Å². The molecule has 7 heteroatoms. The molecule has 0 aliphatic rings. The fraction of sp³-hybridized carbons (Fsp3) is 0.375. The van der Waals surface area contributed by atoms with Crippen LogP contribution in [0.4, 0.5) is 0 Å². The molecule has 1 N–H and O–H groups in total. The molecule has 1 aromatic carbocycles. The highest BCUT2D eigenvalue weighted by atomic mass is 32.2. The van der Waals surface area contributed by atoms with E-state index in [1.54, 1.807) is 23.9 Å². The Hall–Kier alpha value is -2.15. The zero-order chi connectivity index (χ0) is 16.9. The number of carbonyl (C=O) groups excluding carboxylic acids is 1. The third-order valence-corrected chi connectivity index (χ3v) is 5.15. The van der Waals surface area contributed by atoms with Gasteiger partial charge in [0, 0.05) is 19.4 Å². The van der Waals surface area contributed by atoms with Crippen LogP contribution in [0.5, 0.6) is 0 Å². The van der Waals surface area contributed by atoms with Gasteiger partial charge in [-0.25, -0.2) is 13.4 Å². The number of nitrogens with one attached hydrogen (secondary N) is 1. The summed E-state index contributed by atoms with van der Waals surface area (Å²) in [4.78, 5) is 16.5. The first kappa shape index (κ1) is 17.2. The van der Waals surface area contributed by atoms with Crippen molar-refractivity contribution in [2.75, 3.05) is 11.5 Å². The summed E-state index contributed by atoms with van der Waals surface area (Å²) < 4.78 is 25.5. The normalized spacial score (nSPS) is 12.8. The van der Waals surface area contributed by atoms with Crippen LogP contribution < -0.4 is 5.32 Å². The molecule has 0 fully saturated rings. The molecule has 124 valence electrons. The second kappa shape index (κ2) is 7.41. The fourth-order valence-corrected chi connectivity index (χ4v) is 3.63. The average Bonchev–Trinajstić information content (AvgIpc) is 2.91.